The van der Waals surface area contributed by atoms with Gasteiger partial charge < -0.3 is 15.4 Å². The Morgan fingerprint density at radius 2 is 1.71 bits per heavy atom. The van der Waals surface area contributed by atoms with Crippen molar-refractivity contribution in [3.05, 3.63) is 86.6 Å². The Kier molecular flexibility index (Phi) is 7.61. The predicted octanol–water partition coefficient (Wildman–Crippen LogP) is 3.29. The number of amides is 1. The molecule has 0 unspecified atom stereocenters. The second-order valence-electron chi connectivity index (χ2n) is 9.17. The number of carbonyl (C=O) groups excluding carboxylic acids is 1. The van der Waals surface area contributed by atoms with Crippen LogP contribution in [-0.2, 0) is 16.8 Å². The van der Waals surface area contributed by atoms with E-state index in [1.54, 1.807) is 0 Å². The highest BCUT2D eigenvalue weighted by atomic mass is 16.5. The Morgan fingerprint density at radius 1 is 1.06 bits per heavy atom. The van der Waals surface area contributed by atoms with Gasteiger partial charge in [-0.1, -0.05) is 70.2 Å². The highest BCUT2D eigenvalue weighted by Crippen LogP contribution is 2.24. The number of nitrogens with zero attached hydrogens (tertiary/aromatic N) is 2. The lowest BCUT2D eigenvalue weighted by Gasteiger charge is -2.24. The Hall–Kier alpha value is -3.81. The zero-order valence-electron chi connectivity index (χ0n) is 20.1. The fraction of sp³-hybridized carbons (Fsp3) is 0.346. The normalized spacial score (nSPS) is 11.3. The molecule has 2 aromatic carbocycles. The molecule has 8 heteroatoms. The molecule has 0 saturated heterocycles. The standard InChI is InChI=1S/C26H32N4O4/c1-5-15-29(21(31)17-34-20-13-11-19(12-14-20)26(2,3)4)22-23(27)30(25(33)28-24(22)32)16-18-9-7-6-8-10-18/h6-14H,5,15-17,27H2,1-4H3,(H,28,32,33). The molecule has 8 nitrogen and oxygen atoms in total. The first-order valence-corrected chi connectivity index (χ1v) is 11.3. The van der Waals surface area contributed by atoms with Crippen molar-refractivity contribution < 1.29 is 9.53 Å². The molecular weight excluding hydrogens is 432 g/mol. The van der Waals surface area contributed by atoms with E-state index < -0.39 is 17.2 Å². The second kappa shape index (κ2) is 10.4. The van der Waals surface area contributed by atoms with E-state index in [2.05, 4.69) is 25.8 Å². The van der Waals surface area contributed by atoms with Gasteiger partial charge in [0.2, 0.25) is 0 Å². The van der Waals surface area contributed by atoms with Crippen LogP contribution in [0.15, 0.2) is 64.2 Å². The number of aromatic amines is 1. The van der Waals surface area contributed by atoms with Gasteiger partial charge in [0.25, 0.3) is 11.5 Å². The number of aromatic nitrogens is 2. The smallest absolute Gasteiger partial charge is 0.330 e. The molecule has 0 spiro atoms. The van der Waals surface area contributed by atoms with E-state index in [1.807, 2.05) is 61.5 Å². The number of nitrogens with one attached hydrogen (secondary N) is 1. The van der Waals surface area contributed by atoms with Crippen LogP contribution in [0.2, 0.25) is 0 Å². The molecule has 1 amide bonds. The topological polar surface area (TPSA) is 110 Å². The first-order chi connectivity index (χ1) is 16.1. The average Bonchev–Trinajstić information content (AvgIpc) is 2.80. The van der Waals surface area contributed by atoms with E-state index in [4.69, 9.17) is 10.5 Å². The van der Waals surface area contributed by atoms with Crippen molar-refractivity contribution >= 4 is 17.4 Å². The number of anilines is 2. The third-order valence-corrected chi connectivity index (χ3v) is 5.50. The number of ether oxygens (including phenoxy) is 1. The summed E-state index contributed by atoms with van der Waals surface area (Å²) >= 11 is 0. The summed E-state index contributed by atoms with van der Waals surface area (Å²) in [6, 6.07) is 16.8. The monoisotopic (exact) mass is 464 g/mol. The molecule has 1 heterocycles. The Balaban J connectivity index is 1.86. The Labute approximate surface area is 199 Å². The van der Waals surface area contributed by atoms with Gasteiger partial charge in [0.15, 0.2) is 12.3 Å². The van der Waals surface area contributed by atoms with Gasteiger partial charge in [-0.15, -0.1) is 0 Å². The first kappa shape index (κ1) is 24.8. The summed E-state index contributed by atoms with van der Waals surface area (Å²) in [7, 11) is 0. The molecule has 0 radical (unpaired) electrons. The number of nitrogen functional groups attached to an aromatic ring is 1. The Bertz CT molecular complexity index is 1240. The SMILES string of the molecule is CCCN(C(=O)COc1ccc(C(C)(C)C)cc1)c1c(N)n(Cc2ccccc2)c(=O)[nH]c1=O. The number of nitrogens with two attached hydrogens (primary N) is 1. The number of H-pyrrole nitrogens is 1. The molecule has 0 aliphatic rings. The van der Waals surface area contributed by atoms with Crippen LogP contribution in [0.3, 0.4) is 0 Å². The molecule has 34 heavy (non-hydrogen) atoms. The number of hydrogen-bond donors (Lipinski definition) is 2. The van der Waals surface area contributed by atoms with E-state index in [1.165, 1.54) is 9.47 Å². The lowest BCUT2D eigenvalue weighted by molar-refractivity contribution is -0.120. The van der Waals surface area contributed by atoms with E-state index in [-0.39, 0.29) is 36.6 Å². The van der Waals surface area contributed by atoms with Gasteiger partial charge >= 0.3 is 5.69 Å². The largest absolute Gasteiger partial charge is 0.484 e. The summed E-state index contributed by atoms with van der Waals surface area (Å²) in [6.45, 7) is 8.39. The number of carbonyl (C=O) groups is 1. The zero-order chi connectivity index (χ0) is 24.9. The zero-order valence-corrected chi connectivity index (χ0v) is 20.1. The number of benzene rings is 2. The third kappa shape index (κ3) is 5.75. The molecule has 0 saturated carbocycles. The summed E-state index contributed by atoms with van der Waals surface area (Å²) in [5.74, 6) is 0.0616. The van der Waals surface area contributed by atoms with Crippen molar-refractivity contribution in [3.63, 3.8) is 0 Å². The van der Waals surface area contributed by atoms with Crippen LogP contribution in [0.1, 0.15) is 45.2 Å². The molecule has 0 aliphatic heterocycles. The maximum Gasteiger partial charge on any atom is 0.330 e. The minimum atomic E-state index is -0.705. The van der Waals surface area contributed by atoms with E-state index >= 15 is 0 Å². The van der Waals surface area contributed by atoms with Gasteiger partial charge in [-0.2, -0.15) is 0 Å². The highest BCUT2D eigenvalue weighted by Gasteiger charge is 2.24. The van der Waals surface area contributed by atoms with E-state index in [0.29, 0.717) is 12.2 Å². The molecular formula is C26H32N4O4. The van der Waals surface area contributed by atoms with Gasteiger partial charge in [-0.05, 0) is 35.1 Å². The van der Waals surface area contributed by atoms with Crippen molar-refractivity contribution in [2.45, 2.75) is 46.1 Å². The van der Waals surface area contributed by atoms with Crippen molar-refractivity contribution in [3.8, 4) is 5.75 Å². The molecule has 0 fully saturated rings. The molecule has 3 N–H and O–H groups in total. The lowest BCUT2D eigenvalue weighted by Crippen LogP contribution is -2.43. The van der Waals surface area contributed by atoms with Crippen LogP contribution in [0.5, 0.6) is 5.75 Å². The molecule has 3 aromatic rings. The number of rotatable bonds is 8. The van der Waals surface area contributed by atoms with Crippen molar-refractivity contribution in [2.24, 2.45) is 0 Å². The maximum atomic E-state index is 13.1. The van der Waals surface area contributed by atoms with Crippen molar-refractivity contribution in [2.75, 3.05) is 23.8 Å². The minimum Gasteiger partial charge on any atom is -0.484 e. The number of hydrogen-bond acceptors (Lipinski definition) is 5. The molecule has 0 bridgehead atoms. The fourth-order valence-electron chi connectivity index (χ4n) is 3.62. The first-order valence-electron chi connectivity index (χ1n) is 11.3. The van der Waals surface area contributed by atoms with Crippen LogP contribution in [-0.4, -0.2) is 28.6 Å². The second-order valence-corrected chi connectivity index (χ2v) is 9.17. The third-order valence-electron chi connectivity index (χ3n) is 5.50. The van der Waals surface area contributed by atoms with Crippen LogP contribution in [0.25, 0.3) is 0 Å². The van der Waals surface area contributed by atoms with Gasteiger partial charge in [0, 0.05) is 6.54 Å². The van der Waals surface area contributed by atoms with Crippen molar-refractivity contribution in [1.29, 1.82) is 0 Å². The Morgan fingerprint density at radius 3 is 2.29 bits per heavy atom. The fourth-order valence-corrected chi connectivity index (χ4v) is 3.62. The van der Waals surface area contributed by atoms with Gasteiger partial charge in [-0.3, -0.25) is 19.1 Å². The van der Waals surface area contributed by atoms with Gasteiger partial charge in [-0.25, -0.2) is 4.79 Å². The summed E-state index contributed by atoms with van der Waals surface area (Å²) in [5, 5.41) is 0. The molecule has 3 rings (SSSR count). The molecule has 180 valence electrons. The lowest BCUT2D eigenvalue weighted by atomic mass is 9.87. The summed E-state index contributed by atoms with van der Waals surface area (Å²) < 4.78 is 6.96. The van der Waals surface area contributed by atoms with Gasteiger partial charge in [0.05, 0.1) is 6.54 Å². The summed E-state index contributed by atoms with van der Waals surface area (Å²) in [5.41, 5.74) is 6.89. The molecule has 1 aromatic heterocycles. The van der Waals surface area contributed by atoms with E-state index in [0.717, 1.165) is 11.1 Å². The van der Waals surface area contributed by atoms with Gasteiger partial charge in [0.1, 0.15) is 11.6 Å². The summed E-state index contributed by atoms with van der Waals surface area (Å²) in [4.78, 5) is 41.9. The van der Waals surface area contributed by atoms with Crippen molar-refractivity contribution in [1.82, 2.24) is 9.55 Å². The molecule has 0 atom stereocenters. The minimum absolute atomic E-state index is 0.00762. The van der Waals surface area contributed by atoms with Crippen LogP contribution >= 0.6 is 0 Å². The van der Waals surface area contributed by atoms with E-state index in [9.17, 15) is 14.4 Å². The van der Waals surface area contributed by atoms with Crippen LogP contribution in [0.4, 0.5) is 11.5 Å². The quantitative estimate of drug-likeness (QED) is 0.532. The maximum absolute atomic E-state index is 13.1. The molecule has 0 aliphatic carbocycles. The van der Waals surface area contributed by atoms with Crippen LogP contribution in [0, 0.1) is 0 Å². The average molecular weight is 465 g/mol. The highest BCUT2D eigenvalue weighted by molar-refractivity contribution is 5.96. The summed E-state index contributed by atoms with van der Waals surface area (Å²) in [6.07, 6.45) is 0.586. The van der Waals surface area contributed by atoms with Crippen LogP contribution < -0.4 is 26.6 Å². The predicted molar refractivity (Wildman–Crippen MR) is 135 cm³/mol.